The Morgan fingerprint density at radius 3 is 3.24 bits per heavy atom. The Labute approximate surface area is 100 Å². The number of pyridine rings is 1. The largest absolute Gasteiger partial charge is 0.450 e. The summed E-state index contributed by atoms with van der Waals surface area (Å²) in [6.07, 6.45) is 3.09. The van der Waals surface area contributed by atoms with Crippen LogP contribution in [0, 0.1) is 0 Å². The molecule has 1 aromatic heterocycles. The summed E-state index contributed by atoms with van der Waals surface area (Å²) in [5, 5.41) is 3.30. The fourth-order valence-corrected chi connectivity index (χ4v) is 1.93. The zero-order valence-electron chi connectivity index (χ0n) is 9.74. The molecule has 1 aliphatic rings. The molecule has 0 bridgehead atoms. The maximum Gasteiger partial charge on any atom is 0.404 e. The molecule has 0 saturated carbocycles. The van der Waals surface area contributed by atoms with Crippen molar-refractivity contribution in [1.82, 2.24) is 4.98 Å². The first-order valence-electron chi connectivity index (χ1n) is 5.90. The van der Waals surface area contributed by atoms with Crippen LogP contribution < -0.4 is 11.1 Å². The second kappa shape index (κ2) is 5.52. The molecule has 0 atom stereocenters. The zero-order valence-corrected chi connectivity index (χ0v) is 9.74. The van der Waals surface area contributed by atoms with E-state index >= 15 is 0 Å². The summed E-state index contributed by atoms with van der Waals surface area (Å²) >= 11 is 0. The van der Waals surface area contributed by atoms with Crippen molar-refractivity contribution in [2.24, 2.45) is 5.73 Å². The topological polar surface area (TPSA) is 77.2 Å². The first-order valence-corrected chi connectivity index (χ1v) is 5.90. The van der Waals surface area contributed by atoms with Gasteiger partial charge in [0.1, 0.15) is 5.82 Å². The molecule has 1 amide bonds. The Hall–Kier alpha value is -1.78. The fraction of sp³-hybridized carbons (Fsp3) is 0.500. The normalized spacial score (nSPS) is 13.6. The van der Waals surface area contributed by atoms with Gasteiger partial charge in [-0.15, -0.1) is 0 Å². The second-order valence-corrected chi connectivity index (χ2v) is 4.11. The van der Waals surface area contributed by atoms with Crippen molar-refractivity contribution in [3.05, 3.63) is 23.4 Å². The van der Waals surface area contributed by atoms with Crippen LogP contribution in [0.3, 0.4) is 0 Å². The summed E-state index contributed by atoms with van der Waals surface area (Å²) < 4.78 is 4.67. The van der Waals surface area contributed by atoms with Gasteiger partial charge in [0, 0.05) is 12.2 Å². The molecule has 0 unspecified atom stereocenters. The van der Waals surface area contributed by atoms with Gasteiger partial charge in [-0.3, -0.25) is 0 Å². The van der Waals surface area contributed by atoms with Gasteiger partial charge in [0.05, 0.1) is 6.61 Å². The number of ether oxygens (including phenoxy) is 1. The number of hydrogen-bond acceptors (Lipinski definition) is 4. The minimum atomic E-state index is -0.718. The molecule has 5 heteroatoms. The number of amides is 1. The Bertz CT molecular complexity index is 407. The molecule has 0 saturated heterocycles. The third-order valence-corrected chi connectivity index (χ3v) is 2.77. The molecule has 2 rings (SSSR count). The van der Waals surface area contributed by atoms with Crippen molar-refractivity contribution in [3.8, 4) is 0 Å². The number of aryl methyl sites for hydroxylation is 2. The van der Waals surface area contributed by atoms with E-state index in [0.29, 0.717) is 6.61 Å². The van der Waals surface area contributed by atoms with Crippen LogP contribution in [0.15, 0.2) is 12.1 Å². The third kappa shape index (κ3) is 3.34. The smallest absolute Gasteiger partial charge is 0.404 e. The zero-order chi connectivity index (χ0) is 12.1. The number of nitrogens with zero attached hydrogens (tertiary/aromatic N) is 1. The number of aromatic nitrogens is 1. The first kappa shape index (κ1) is 11.7. The van der Waals surface area contributed by atoms with Crippen molar-refractivity contribution >= 4 is 11.9 Å². The lowest BCUT2D eigenvalue weighted by Gasteiger charge is -2.17. The third-order valence-electron chi connectivity index (χ3n) is 2.77. The van der Waals surface area contributed by atoms with E-state index in [-0.39, 0.29) is 0 Å². The SMILES string of the molecule is NC(=O)OCCCc1ccc2c(n1)NCCC2. The molecule has 1 aliphatic heterocycles. The molecular weight excluding hydrogens is 218 g/mol. The van der Waals surface area contributed by atoms with E-state index in [2.05, 4.69) is 21.1 Å². The number of anilines is 1. The van der Waals surface area contributed by atoms with Gasteiger partial charge in [-0.05, 0) is 37.3 Å². The molecule has 3 N–H and O–H groups in total. The van der Waals surface area contributed by atoms with Crippen LogP contribution in [-0.2, 0) is 17.6 Å². The van der Waals surface area contributed by atoms with E-state index in [9.17, 15) is 4.79 Å². The highest BCUT2D eigenvalue weighted by molar-refractivity contribution is 5.64. The number of carbonyl (C=O) groups is 1. The van der Waals surface area contributed by atoms with E-state index in [1.165, 1.54) is 12.0 Å². The minimum Gasteiger partial charge on any atom is -0.450 e. The number of fused-ring (bicyclic) bond motifs is 1. The van der Waals surface area contributed by atoms with Crippen LogP contribution in [0.1, 0.15) is 24.1 Å². The average Bonchev–Trinajstić information content (AvgIpc) is 2.34. The number of nitrogens with two attached hydrogens (primary N) is 1. The highest BCUT2D eigenvalue weighted by Crippen LogP contribution is 2.19. The maximum absolute atomic E-state index is 10.4. The Morgan fingerprint density at radius 1 is 1.53 bits per heavy atom. The van der Waals surface area contributed by atoms with Crippen molar-refractivity contribution < 1.29 is 9.53 Å². The second-order valence-electron chi connectivity index (χ2n) is 4.11. The van der Waals surface area contributed by atoms with Gasteiger partial charge in [-0.25, -0.2) is 9.78 Å². The van der Waals surface area contributed by atoms with Gasteiger partial charge in [0.15, 0.2) is 0 Å². The lowest BCUT2D eigenvalue weighted by Crippen LogP contribution is -2.15. The molecule has 2 heterocycles. The van der Waals surface area contributed by atoms with E-state index in [1.54, 1.807) is 0 Å². The van der Waals surface area contributed by atoms with E-state index < -0.39 is 6.09 Å². The van der Waals surface area contributed by atoms with Crippen LogP contribution in [0.25, 0.3) is 0 Å². The lowest BCUT2D eigenvalue weighted by atomic mass is 10.1. The predicted octanol–water partition coefficient (Wildman–Crippen LogP) is 1.47. The summed E-state index contributed by atoms with van der Waals surface area (Å²) in [5.41, 5.74) is 7.18. The number of carbonyl (C=O) groups excluding carboxylic acids is 1. The molecule has 1 aromatic rings. The number of nitrogens with one attached hydrogen (secondary N) is 1. The van der Waals surface area contributed by atoms with Crippen molar-refractivity contribution in [2.75, 3.05) is 18.5 Å². The molecule has 0 aromatic carbocycles. The van der Waals surface area contributed by atoms with Crippen LogP contribution >= 0.6 is 0 Å². The first-order chi connectivity index (χ1) is 8.25. The van der Waals surface area contributed by atoms with Crippen molar-refractivity contribution in [1.29, 1.82) is 0 Å². The molecular formula is C12H17N3O2. The highest BCUT2D eigenvalue weighted by atomic mass is 16.5. The molecule has 17 heavy (non-hydrogen) atoms. The Balaban J connectivity index is 1.86. The highest BCUT2D eigenvalue weighted by Gasteiger charge is 2.09. The van der Waals surface area contributed by atoms with E-state index in [1.807, 2.05) is 6.07 Å². The van der Waals surface area contributed by atoms with Gasteiger partial charge in [-0.1, -0.05) is 6.07 Å². The summed E-state index contributed by atoms with van der Waals surface area (Å²) in [5.74, 6) is 1.00. The number of primary amides is 1. The standard InChI is InChI=1S/C12H17N3O2/c13-12(16)17-8-2-4-10-6-5-9-3-1-7-14-11(9)15-10/h5-6H,1-4,7-8H2,(H2,13,16)(H,14,15). The van der Waals surface area contributed by atoms with Gasteiger partial charge in [-0.2, -0.15) is 0 Å². The number of hydrogen-bond donors (Lipinski definition) is 2. The summed E-state index contributed by atoms with van der Waals surface area (Å²) in [6.45, 7) is 1.34. The maximum atomic E-state index is 10.4. The summed E-state index contributed by atoms with van der Waals surface area (Å²) in [7, 11) is 0. The van der Waals surface area contributed by atoms with Crippen molar-refractivity contribution in [3.63, 3.8) is 0 Å². The summed E-state index contributed by atoms with van der Waals surface area (Å²) in [4.78, 5) is 14.9. The quantitative estimate of drug-likeness (QED) is 0.775. The molecule has 0 aliphatic carbocycles. The lowest BCUT2D eigenvalue weighted by molar-refractivity contribution is 0.155. The van der Waals surface area contributed by atoms with Gasteiger partial charge < -0.3 is 15.8 Å². The monoisotopic (exact) mass is 235 g/mol. The molecule has 92 valence electrons. The average molecular weight is 235 g/mol. The van der Waals surface area contributed by atoms with Crippen molar-refractivity contribution in [2.45, 2.75) is 25.7 Å². The van der Waals surface area contributed by atoms with Crippen LogP contribution in [-0.4, -0.2) is 24.2 Å². The molecule has 0 spiro atoms. The van der Waals surface area contributed by atoms with E-state index in [4.69, 9.17) is 5.73 Å². The fourth-order valence-electron chi connectivity index (χ4n) is 1.93. The van der Waals surface area contributed by atoms with Gasteiger partial charge >= 0.3 is 6.09 Å². The Morgan fingerprint density at radius 2 is 2.41 bits per heavy atom. The predicted molar refractivity (Wildman–Crippen MR) is 64.9 cm³/mol. The van der Waals surface area contributed by atoms with Crippen LogP contribution in [0.5, 0.6) is 0 Å². The summed E-state index contributed by atoms with van der Waals surface area (Å²) in [6, 6.07) is 4.16. The molecule has 5 nitrogen and oxygen atoms in total. The number of rotatable bonds is 4. The van der Waals surface area contributed by atoms with Gasteiger partial charge in [0.2, 0.25) is 0 Å². The Kier molecular flexibility index (Phi) is 3.80. The van der Waals surface area contributed by atoms with Crippen LogP contribution in [0.4, 0.5) is 10.6 Å². The molecule has 0 radical (unpaired) electrons. The van der Waals surface area contributed by atoms with Crippen LogP contribution in [0.2, 0.25) is 0 Å². The molecule has 0 fully saturated rings. The van der Waals surface area contributed by atoms with Gasteiger partial charge in [0.25, 0.3) is 0 Å². The van der Waals surface area contributed by atoms with E-state index in [0.717, 1.165) is 37.3 Å². The minimum absolute atomic E-state index is 0.349.